The fraction of sp³-hybridized carbons (Fsp3) is 0.333. The molecular weight excluding hydrogens is 224 g/mol. The van der Waals surface area contributed by atoms with Crippen LogP contribution in [0, 0.1) is 0 Å². The molecule has 0 amide bonds. The first kappa shape index (κ1) is 11.2. The van der Waals surface area contributed by atoms with Gasteiger partial charge in [0.15, 0.2) is 5.78 Å². The number of rotatable bonds is 2. The molecule has 1 aromatic carbocycles. The summed E-state index contributed by atoms with van der Waals surface area (Å²) in [6, 6.07) is 7.91. The summed E-state index contributed by atoms with van der Waals surface area (Å²) >= 11 is 0. The molecule has 0 spiro atoms. The largest absolute Gasteiger partial charge is 0.340 e. The van der Waals surface area contributed by atoms with Crippen molar-refractivity contribution in [2.24, 2.45) is 7.05 Å². The second kappa shape index (κ2) is 3.80. The first-order valence-corrected chi connectivity index (χ1v) is 6.28. The van der Waals surface area contributed by atoms with E-state index in [1.807, 2.05) is 42.1 Å². The second-order valence-electron chi connectivity index (χ2n) is 5.02. The minimum Gasteiger partial charge on any atom is -0.340 e. The molecule has 92 valence electrons. The highest BCUT2D eigenvalue weighted by atomic mass is 16.1. The van der Waals surface area contributed by atoms with Gasteiger partial charge in [0.05, 0.1) is 17.4 Å². The Balaban J connectivity index is 2.14. The summed E-state index contributed by atoms with van der Waals surface area (Å²) in [5, 5.41) is 0. The Kier molecular flexibility index (Phi) is 2.37. The molecule has 1 aliphatic rings. The summed E-state index contributed by atoms with van der Waals surface area (Å²) in [6.45, 7) is 2.07. The summed E-state index contributed by atoms with van der Waals surface area (Å²) in [7, 11) is 1.94. The van der Waals surface area contributed by atoms with Crippen LogP contribution in [0.3, 0.4) is 0 Å². The monoisotopic (exact) mass is 240 g/mol. The predicted octanol–water partition coefficient (Wildman–Crippen LogP) is 2.51. The maximum Gasteiger partial charge on any atom is 0.175 e. The molecule has 18 heavy (non-hydrogen) atoms. The molecule has 0 fully saturated rings. The number of nitrogens with zero attached hydrogens (tertiary/aromatic N) is 2. The molecular formula is C15H16N2O. The van der Waals surface area contributed by atoms with Gasteiger partial charge in [0, 0.05) is 18.8 Å². The number of aromatic nitrogens is 2. The molecule has 0 radical (unpaired) electrons. The maximum absolute atomic E-state index is 12.7. The smallest absolute Gasteiger partial charge is 0.175 e. The summed E-state index contributed by atoms with van der Waals surface area (Å²) < 4.78 is 1.91. The van der Waals surface area contributed by atoms with Gasteiger partial charge in [-0.3, -0.25) is 4.79 Å². The van der Waals surface area contributed by atoms with Crippen LogP contribution in [0.25, 0.3) is 0 Å². The second-order valence-corrected chi connectivity index (χ2v) is 5.02. The van der Waals surface area contributed by atoms with Gasteiger partial charge in [-0.05, 0) is 18.4 Å². The quantitative estimate of drug-likeness (QED) is 0.808. The van der Waals surface area contributed by atoms with E-state index in [2.05, 4.69) is 11.9 Å². The lowest BCUT2D eigenvalue weighted by atomic mass is 9.78. The van der Waals surface area contributed by atoms with Gasteiger partial charge in [0.2, 0.25) is 0 Å². The number of imidazole rings is 1. The predicted molar refractivity (Wildman–Crippen MR) is 69.7 cm³/mol. The lowest BCUT2D eigenvalue weighted by molar-refractivity contribution is 0.0895. The van der Waals surface area contributed by atoms with Gasteiger partial charge in [-0.25, -0.2) is 4.98 Å². The number of carbonyl (C=O) groups excluding carboxylic acids is 1. The van der Waals surface area contributed by atoms with E-state index in [1.54, 1.807) is 6.33 Å². The van der Waals surface area contributed by atoms with Gasteiger partial charge in [-0.15, -0.1) is 0 Å². The fourth-order valence-electron chi connectivity index (χ4n) is 2.89. The topological polar surface area (TPSA) is 34.9 Å². The normalized spacial score (nSPS) is 22.2. The van der Waals surface area contributed by atoms with Crippen molar-refractivity contribution in [3.8, 4) is 0 Å². The minimum absolute atomic E-state index is 0.222. The van der Waals surface area contributed by atoms with Crippen LogP contribution in [0.5, 0.6) is 0 Å². The number of aryl methyl sites for hydroxylation is 1. The highest BCUT2D eigenvalue weighted by molar-refractivity contribution is 6.08. The molecule has 1 heterocycles. The number of ketones is 1. The van der Waals surface area contributed by atoms with Crippen LogP contribution >= 0.6 is 0 Å². The number of benzene rings is 1. The molecule has 1 unspecified atom stereocenters. The average molecular weight is 240 g/mol. The Hall–Kier alpha value is -1.90. The molecule has 1 aliphatic carbocycles. The zero-order valence-electron chi connectivity index (χ0n) is 10.7. The van der Waals surface area contributed by atoms with Crippen LogP contribution in [0.1, 0.15) is 35.0 Å². The summed E-state index contributed by atoms with van der Waals surface area (Å²) in [6.07, 6.45) is 5.29. The third-order valence-corrected chi connectivity index (χ3v) is 3.99. The van der Waals surface area contributed by atoms with Crippen LogP contribution in [0.4, 0.5) is 0 Å². The third-order valence-electron chi connectivity index (χ3n) is 3.99. The van der Waals surface area contributed by atoms with Crippen molar-refractivity contribution in [2.45, 2.75) is 25.2 Å². The van der Waals surface area contributed by atoms with E-state index in [-0.39, 0.29) is 5.78 Å². The van der Waals surface area contributed by atoms with E-state index in [0.29, 0.717) is 0 Å². The molecule has 3 nitrogen and oxygen atoms in total. The number of hydrogen-bond donors (Lipinski definition) is 0. The highest BCUT2D eigenvalue weighted by Gasteiger charge is 2.46. The van der Waals surface area contributed by atoms with Crippen molar-refractivity contribution in [3.63, 3.8) is 0 Å². The Labute approximate surface area is 106 Å². The Morgan fingerprint density at radius 1 is 1.39 bits per heavy atom. The summed E-state index contributed by atoms with van der Waals surface area (Å²) in [4.78, 5) is 17.1. The SMILES string of the molecule is CCC1(c2cn(C)cn2)Cc2ccccc2C1=O. The van der Waals surface area contributed by atoms with Crippen molar-refractivity contribution in [1.82, 2.24) is 9.55 Å². The Bertz CT molecular complexity index is 614. The zero-order chi connectivity index (χ0) is 12.8. The zero-order valence-corrected chi connectivity index (χ0v) is 10.7. The van der Waals surface area contributed by atoms with Crippen LogP contribution < -0.4 is 0 Å². The Morgan fingerprint density at radius 3 is 2.78 bits per heavy atom. The van der Waals surface area contributed by atoms with Gasteiger partial charge in [-0.1, -0.05) is 31.2 Å². The molecule has 2 aromatic rings. The molecule has 0 N–H and O–H groups in total. The number of hydrogen-bond acceptors (Lipinski definition) is 2. The molecule has 1 aromatic heterocycles. The molecule has 1 atom stereocenters. The van der Waals surface area contributed by atoms with Crippen LogP contribution in [-0.2, 0) is 18.9 Å². The third kappa shape index (κ3) is 1.37. The van der Waals surface area contributed by atoms with E-state index in [9.17, 15) is 4.79 Å². The van der Waals surface area contributed by atoms with Gasteiger partial charge in [0.25, 0.3) is 0 Å². The first-order chi connectivity index (χ1) is 8.67. The van der Waals surface area contributed by atoms with Crippen LogP contribution in [-0.4, -0.2) is 15.3 Å². The van der Waals surface area contributed by atoms with E-state index in [1.165, 1.54) is 0 Å². The average Bonchev–Trinajstić information content (AvgIpc) is 2.93. The molecule has 0 bridgehead atoms. The summed E-state index contributed by atoms with van der Waals surface area (Å²) in [5.41, 5.74) is 2.46. The van der Waals surface area contributed by atoms with E-state index >= 15 is 0 Å². The molecule has 3 heteroatoms. The molecule has 3 rings (SSSR count). The fourth-order valence-corrected chi connectivity index (χ4v) is 2.89. The highest BCUT2D eigenvalue weighted by Crippen LogP contribution is 2.41. The number of carbonyl (C=O) groups is 1. The van der Waals surface area contributed by atoms with Crippen molar-refractivity contribution < 1.29 is 4.79 Å². The van der Waals surface area contributed by atoms with Gasteiger partial charge in [0.1, 0.15) is 0 Å². The van der Waals surface area contributed by atoms with Crippen molar-refractivity contribution >= 4 is 5.78 Å². The van der Waals surface area contributed by atoms with Crippen LogP contribution in [0.2, 0.25) is 0 Å². The maximum atomic E-state index is 12.7. The van der Waals surface area contributed by atoms with Gasteiger partial charge >= 0.3 is 0 Å². The lowest BCUT2D eigenvalue weighted by Gasteiger charge is -2.23. The van der Waals surface area contributed by atoms with Crippen LogP contribution in [0.15, 0.2) is 36.8 Å². The number of fused-ring (bicyclic) bond motifs is 1. The van der Waals surface area contributed by atoms with Gasteiger partial charge in [-0.2, -0.15) is 0 Å². The van der Waals surface area contributed by atoms with E-state index < -0.39 is 5.41 Å². The number of Topliss-reactive ketones (excluding diaryl/α,β-unsaturated/α-hetero) is 1. The standard InChI is InChI=1S/C15H16N2O/c1-3-15(13-9-17(2)10-16-13)8-11-6-4-5-7-12(11)14(15)18/h4-7,9-10H,3,8H2,1-2H3. The van der Waals surface area contributed by atoms with E-state index in [4.69, 9.17) is 0 Å². The Morgan fingerprint density at radius 2 is 2.17 bits per heavy atom. The summed E-state index contributed by atoms with van der Waals surface area (Å²) in [5.74, 6) is 0.222. The lowest BCUT2D eigenvalue weighted by Crippen LogP contribution is -2.32. The minimum atomic E-state index is -0.453. The molecule has 0 saturated heterocycles. The molecule has 0 saturated carbocycles. The van der Waals surface area contributed by atoms with Crippen molar-refractivity contribution in [2.75, 3.05) is 0 Å². The van der Waals surface area contributed by atoms with Crippen molar-refractivity contribution in [1.29, 1.82) is 0 Å². The van der Waals surface area contributed by atoms with Gasteiger partial charge < -0.3 is 4.57 Å². The van der Waals surface area contributed by atoms with E-state index in [0.717, 1.165) is 29.7 Å². The first-order valence-electron chi connectivity index (χ1n) is 6.28. The molecule has 0 aliphatic heterocycles. The van der Waals surface area contributed by atoms with Crippen molar-refractivity contribution in [3.05, 3.63) is 53.6 Å².